The minimum atomic E-state index is -0.330. The second-order valence-corrected chi connectivity index (χ2v) is 7.15. The van der Waals surface area contributed by atoms with Crippen LogP contribution in [0.15, 0.2) is 55.1 Å². The van der Waals surface area contributed by atoms with Crippen molar-refractivity contribution in [3.8, 4) is 0 Å². The first-order chi connectivity index (χ1) is 13.1. The van der Waals surface area contributed by atoms with Crippen LogP contribution in [0.4, 0.5) is 21.5 Å². The van der Waals surface area contributed by atoms with E-state index in [-0.39, 0.29) is 11.2 Å². The fourth-order valence-corrected chi connectivity index (χ4v) is 3.22. The molecule has 0 bridgehead atoms. The molecule has 0 aliphatic carbocycles. The molecule has 0 radical (unpaired) electrons. The van der Waals surface area contributed by atoms with E-state index in [0.717, 1.165) is 5.69 Å². The summed E-state index contributed by atoms with van der Waals surface area (Å²) in [5.74, 6) is -0.330. The highest BCUT2D eigenvalue weighted by Gasteiger charge is 2.39. The maximum atomic E-state index is 14.5. The maximum Gasteiger partial charge on any atom is 0.148 e. The zero-order chi connectivity index (χ0) is 18.7. The number of nitrogens with one attached hydrogen (secondary N) is 2. The predicted octanol–water partition coefficient (Wildman–Crippen LogP) is 3.94. The molecule has 2 heterocycles. The lowest BCUT2D eigenvalue weighted by atomic mass is 9.85. The molecule has 140 valence electrons. The number of anilines is 3. The van der Waals surface area contributed by atoms with Gasteiger partial charge >= 0.3 is 0 Å². The summed E-state index contributed by atoms with van der Waals surface area (Å²) in [5, 5.41) is 11.1. The van der Waals surface area contributed by atoms with Crippen molar-refractivity contribution >= 4 is 28.7 Å². The van der Waals surface area contributed by atoms with Crippen molar-refractivity contribution in [1.29, 1.82) is 0 Å². The Morgan fingerprint density at radius 3 is 2.70 bits per heavy atom. The van der Waals surface area contributed by atoms with E-state index in [0.29, 0.717) is 42.7 Å². The van der Waals surface area contributed by atoms with Gasteiger partial charge in [0.05, 0.1) is 41.6 Å². The summed E-state index contributed by atoms with van der Waals surface area (Å²) in [6.07, 6.45) is 3.18. The molecule has 4 rings (SSSR count). The minimum Gasteiger partial charge on any atom is -0.382 e. The van der Waals surface area contributed by atoms with Crippen LogP contribution < -0.4 is 10.6 Å². The highest BCUT2D eigenvalue weighted by atomic mass is 35.5. The molecular formula is C19H19ClFN5O. The van der Waals surface area contributed by atoms with Gasteiger partial charge in [0.25, 0.3) is 0 Å². The van der Waals surface area contributed by atoms with Crippen molar-refractivity contribution in [2.24, 2.45) is 5.41 Å². The van der Waals surface area contributed by atoms with Crippen LogP contribution in [-0.4, -0.2) is 34.5 Å². The molecule has 1 saturated heterocycles. The van der Waals surface area contributed by atoms with Gasteiger partial charge < -0.3 is 15.4 Å². The van der Waals surface area contributed by atoms with Gasteiger partial charge in [0.15, 0.2) is 0 Å². The van der Waals surface area contributed by atoms with E-state index in [9.17, 15) is 4.39 Å². The first-order valence-corrected chi connectivity index (χ1v) is 8.97. The van der Waals surface area contributed by atoms with Crippen molar-refractivity contribution in [2.75, 3.05) is 30.4 Å². The van der Waals surface area contributed by atoms with Gasteiger partial charge in [-0.15, -0.1) is 0 Å². The van der Waals surface area contributed by atoms with Gasteiger partial charge in [-0.3, -0.25) is 4.68 Å². The highest BCUT2D eigenvalue weighted by molar-refractivity contribution is 6.33. The summed E-state index contributed by atoms with van der Waals surface area (Å²) in [6.45, 7) is 2.47. The third-order valence-electron chi connectivity index (χ3n) is 4.56. The van der Waals surface area contributed by atoms with Crippen molar-refractivity contribution in [3.05, 3.63) is 66.0 Å². The molecule has 6 nitrogen and oxygen atoms in total. The van der Waals surface area contributed by atoms with E-state index in [2.05, 4.69) is 20.7 Å². The molecule has 0 atom stereocenters. The molecule has 0 saturated carbocycles. The lowest BCUT2D eigenvalue weighted by Gasteiger charge is -2.41. The molecular weight excluding hydrogens is 369 g/mol. The molecule has 3 aromatic rings. The summed E-state index contributed by atoms with van der Waals surface area (Å²) < 4.78 is 21.7. The van der Waals surface area contributed by atoms with Crippen LogP contribution in [0.3, 0.4) is 0 Å². The van der Waals surface area contributed by atoms with Gasteiger partial charge in [-0.05, 0) is 30.3 Å². The zero-order valence-corrected chi connectivity index (χ0v) is 15.3. The topological polar surface area (TPSA) is 64.0 Å². The number of hydrogen-bond donors (Lipinski definition) is 2. The SMILES string of the molecule is Fc1cc(Nc2ccccc2Cl)ccc1NCC1(Cn2cncn2)COC1. The van der Waals surface area contributed by atoms with E-state index in [1.54, 1.807) is 23.1 Å². The van der Waals surface area contributed by atoms with E-state index in [1.807, 2.05) is 24.3 Å². The Morgan fingerprint density at radius 2 is 2.04 bits per heavy atom. The minimum absolute atomic E-state index is 0.116. The van der Waals surface area contributed by atoms with Crippen molar-refractivity contribution in [1.82, 2.24) is 14.8 Å². The molecule has 0 unspecified atom stereocenters. The van der Waals surface area contributed by atoms with E-state index < -0.39 is 0 Å². The number of rotatable bonds is 7. The molecule has 27 heavy (non-hydrogen) atoms. The number of ether oxygens (including phenoxy) is 1. The lowest BCUT2D eigenvalue weighted by Crippen LogP contribution is -2.50. The van der Waals surface area contributed by atoms with Crippen LogP contribution in [0.2, 0.25) is 5.02 Å². The normalized spacial score (nSPS) is 15.2. The predicted molar refractivity (Wildman–Crippen MR) is 103 cm³/mol. The average molecular weight is 388 g/mol. The van der Waals surface area contributed by atoms with Crippen LogP contribution in [0.25, 0.3) is 0 Å². The van der Waals surface area contributed by atoms with E-state index in [4.69, 9.17) is 16.3 Å². The van der Waals surface area contributed by atoms with Gasteiger partial charge in [-0.2, -0.15) is 5.10 Å². The number of aromatic nitrogens is 3. The van der Waals surface area contributed by atoms with Crippen LogP contribution in [-0.2, 0) is 11.3 Å². The van der Waals surface area contributed by atoms with Gasteiger partial charge in [0.1, 0.15) is 18.5 Å². The van der Waals surface area contributed by atoms with Crippen LogP contribution in [0.5, 0.6) is 0 Å². The summed E-state index contributed by atoms with van der Waals surface area (Å²) in [7, 11) is 0. The zero-order valence-electron chi connectivity index (χ0n) is 14.5. The fourth-order valence-electron chi connectivity index (χ4n) is 3.04. The standard InChI is InChI=1S/C19H19ClFN5O/c20-15-3-1-2-4-17(15)25-14-5-6-18(16(21)7-14)23-8-19(10-27-11-19)9-26-13-22-12-24-26/h1-7,12-13,23,25H,8-11H2. The number of nitrogens with zero attached hydrogens (tertiary/aromatic N) is 3. The number of benzene rings is 2. The van der Waals surface area contributed by atoms with Gasteiger partial charge in [0.2, 0.25) is 0 Å². The number of para-hydroxylation sites is 1. The second kappa shape index (κ2) is 7.54. The number of halogens is 2. The first-order valence-electron chi connectivity index (χ1n) is 8.59. The fraction of sp³-hybridized carbons (Fsp3) is 0.263. The number of hydrogen-bond acceptors (Lipinski definition) is 5. The molecule has 0 spiro atoms. The van der Waals surface area contributed by atoms with Gasteiger partial charge in [0, 0.05) is 12.2 Å². The summed E-state index contributed by atoms with van der Waals surface area (Å²) >= 11 is 6.13. The summed E-state index contributed by atoms with van der Waals surface area (Å²) in [6, 6.07) is 12.3. The Kier molecular flexibility index (Phi) is 4.96. The second-order valence-electron chi connectivity index (χ2n) is 6.74. The van der Waals surface area contributed by atoms with Crippen molar-refractivity contribution < 1.29 is 9.13 Å². The lowest BCUT2D eigenvalue weighted by molar-refractivity contribution is -0.114. The monoisotopic (exact) mass is 387 g/mol. The smallest absolute Gasteiger partial charge is 0.148 e. The Bertz CT molecular complexity index is 914. The summed E-state index contributed by atoms with van der Waals surface area (Å²) in [4.78, 5) is 3.96. The third kappa shape index (κ3) is 4.04. The molecule has 8 heteroatoms. The molecule has 1 fully saturated rings. The van der Waals surface area contributed by atoms with Crippen LogP contribution >= 0.6 is 11.6 Å². The van der Waals surface area contributed by atoms with Crippen molar-refractivity contribution in [2.45, 2.75) is 6.54 Å². The summed E-state index contributed by atoms with van der Waals surface area (Å²) in [5.41, 5.74) is 1.70. The quantitative estimate of drug-likeness (QED) is 0.642. The Hall–Kier alpha value is -2.64. The van der Waals surface area contributed by atoms with E-state index >= 15 is 0 Å². The first kappa shape index (κ1) is 17.8. The Labute approximate surface area is 161 Å². The van der Waals surface area contributed by atoms with Gasteiger partial charge in [-0.1, -0.05) is 23.7 Å². The highest BCUT2D eigenvalue weighted by Crippen LogP contribution is 2.31. The van der Waals surface area contributed by atoms with E-state index in [1.165, 1.54) is 12.4 Å². The molecule has 1 aromatic heterocycles. The molecule has 2 N–H and O–H groups in total. The van der Waals surface area contributed by atoms with Crippen LogP contribution in [0.1, 0.15) is 0 Å². The molecule has 2 aromatic carbocycles. The largest absolute Gasteiger partial charge is 0.382 e. The van der Waals surface area contributed by atoms with Gasteiger partial charge in [-0.25, -0.2) is 9.37 Å². The molecule has 1 aliphatic rings. The average Bonchev–Trinajstić information content (AvgIpc) is 3.13. The van der Waals surface area contributed by atoms with Crippen LogP contribution in [0, 0.1) is 11.2 Å². The Morgan fingerprint density at radius 1 is 1.19 bits per heavy atom. The third-order valence-corrected chi connectivity index (χ3v) is 4.89. The van der Waals surface area contributed by atoms with Crippen molar-refractivity contribution in [3.63, 3.8) is 0 Å². The molecule has 0 amide bonds. The molecule has 1 aliphatic heterocycles. The Balaban J connectivity index is 1.41. The maximum absolute atomic E-state index is 14.5.